The van der Waals surface area contributed by atoms with Gasteiger partial charge in [-0.15, -0.1) is 0 Å². The van der Waals surface area contributed by atoms with Crippen molar-refractivity contribution in [2.24, 2.45) is 0 Å². The number of hydrogen-bond donors (Lipinski definition) is 0. The van der Waals surface area contributed by atoms with Crippen LogP contribution < -0.4 is 0 Å². The lowest BCUT2D eigenvalue weighted by Crippen LogP contribution is -2.45. The van der Waals surface area contributed by atoms with Crippen molar-refractivity contribution in [3.05, 3.63) is 0 Å². The summed E-state index contributed by atoms with van der Waals surface area (Å²) in [6.45, 7) is 2.41. The smallest absolute Gasteiger partial charge is 0.134 e. The number of piperidine rings is 1. The third-order valence-electron chi connectivity index (χ3n) is 4.06. The lowest BCUT2D eigenvalue weighted by atomic mass is 10.0. The molecule has 1 saturated carbocycles. The van der Waals surface area contributed by atoms with E-state index in [2.05, 4.69) is 23.9 Å². The van der Waals surface area contributed by atoms with E-state index in [-0.39, 0.29) is 0 Å². The minimum atomic E-state index is 0.458. The van der Waals surface area contributed by atoms with Crippen molar-refractivity contribution >= 4 is 5.78 Å². The van der Waals surface area contributed by atoms with Crippen molar-refractivity contribution in [2.75, 3.05) is 27.2 Å². The predicted molar refractivity (Wildman–Crippen MR) is 60.9 cm³/mol. The molecule has 1 aliphatic carbocycles. The lowest BCUT2D eigenvalue weighted by molar-refractivity contribution is -0.117. The fourth-order valence-electron chi connectivity index (χ4n) is 2.84. The van der Waals surface area contributed by atoms with Gasteiger partial charge in [-0.05, 0) is 46.4 Å². The van der Waals surface area contributed by atoms with Crippen molar-refractivity contribution in [1.82, 2.24) is 9.80 Å². The van der Waals surface area contributed by atoms with Crippen LogP contribution in [-0.4, -0.2) is 54.9 Å². The minimum Gasteiger partial charge on any atom is -0.306 e. The van der Waals surface area contributed by atoms with Gasteiger partial charge in [0.05, 0.1) is 0 Å². The Morgan fingerprint density at radius 1 is 1.20 bits per heavy atom. The quantitative estimate of drug-likeness (QED) is 0.683. The second-order valence-corrected chi connectivity index (χ2v) is 5.14. The molecule has 2 rings (SSSR count). The summed E-state index contributed by atoms with van der Waals surface area (Å²) in [6, 6.07) is 1.24. The van der Waals surface area contributed by atoms with Gasteiger partial charge in [0.1, 0.15) is 5.78 Å². The molecule has 0 aromatic heterocycles. The molecule has 1 heterocycles. The number of ketones is 1. The highest BCUT2D eigenvalue weighted by molar-refractivity contribution is 5.81. The maximum Gasteiger partial charge on any atom is 0.134 e. The summed E-state index contributed by atoms with van der Waals surface area (Å²) >= 11 is 0. The van der Waals surface area contributed by atoms with Gasteiger partial charge < -0.3 is 4.90 Å². The third-order valence-corrected chi connectivity index (χ3v) is 4.06. The second-order valence-electron chi connectivity index (χ2n) is 5.14. The Balaban J connectivity index is 1.85. The molecule has 0 aromatic carbocycles. The number of likely N-dealkylation sites (tertiary alicyclic amines) is 1. The molecule has 0 spiro atoms. The average molecular weight is 210 g/mol. The zero-order valence-electron chi connectivity index (χ0n) is 9.91. The van der Waals surface area contributed by atoms with E-state index in [4.69, 9.17) is 0 Å². The van der Waals surface area contributed by atoms with Crippen LogP contribution in [-0.2, 0) is 4.79 Å². The van der Waals surface area contributed by atoms with Gasteiger partial charge in [0, 0.05) is 24.9 Å². The van der Waals surface area contributed by atoms with E-state index >= 15 is 0 Å². The Labute approximate surface area is 92.4 Å². The monoisotopic (exact) mass is 210 g/mol. The third kappa shape index (κ3) is 2.58. The molecule has 3 heteroatoms. The largest absolute Gasteiger partial charge is 0.306 e. The molecule has 0 amide bonds. The van der Waals surface area contributed by atoms with Gasteiger partial charge in [-0.25, -0.2) is 0 Å². The summed E-state index contributed by atoms with van der Waals surface area (Å²) in [7, 11) is 4.40. The van der Waals surface area contributed by atoms with E-state index in [0.29, 0.717) is 17.9 Å². The van der Waals surface area contributed by atoms with Gasteiger partial charge in [0.25, 0.3) is 0 Å². The van der Waals surface area contributed by atoms with Crippen LogP contribution in [0.1, 0.15) is 32.1 Å². The fourth-order valence-corrected chi connectivity index (χ4v) is 2.84. The summed E-state index contributed by atoms with van der Waals surface area (Å²) in [5.74, 6) is 0.458. The van der Waals surface area contributed by atoms with E-state index in [0.717, 1.165) is 19.3 Å². The Hall–Kier alpha value is -0.410. The van der Waals surface area contributed by atoms with Crippen LogP contribution in [0.5, 0.6) is 0 Å². The van der Waals surface area contributed by atoms with E-state index in [1.807, 2.05) is 0 Å². The number of carbonyl (C=O) groups excluding carboxylic acids is 1. The van der Waals surface area contributed by atoms with Crippen molar-refractivity contribution in [2.45, 2.75) is 44.2 Å². The van der Waals surface area contributed by atoms with Gasteiger partial charge in [0.15, 0.2) is 0 Å². The highest BCUT2D eigenvalue weighted by atomic mass is 16.1. The molecule has 3 nitrogen and oxygen atoms in total. The van der Waals surface area contributed by atoms with E-state index in [1.165, 1.54) is 25.9 Å². The van der Waals surface area contributed by atoms with E-state index < -0.39 is 0 Å². The van der Waals surface area contributed by atoms with Gasteiger partial charge in [0.2, 0.25) is 0 Å². The fraction of sp³-hybridized carbons (Fsp3) is 0.917. The Kier molecular flexibility index (Phi) is 3.42. The predicted octanol–water partition coefficient (Wildman–Crippen LogP) is 1.13. The number of carbonyl (C=O) groups is 1. The topological polar surface area (TPSA) is 23.6 Å². The number of hydrogen-bond acceptors (Lipinski definition) is 3. The van der Waals surface area contributed by atoms with Crippen LogP contribution in [0.25, 0.3) is 0 Å². The molecule has 1 unspecified atom stereocenters. The SMILES string of the molecule is CN1CCC(N(C)C2CCC(=O)C2)CC1. The zero-order chi connectivity index (χ0) is 10.8. The highest BCUT2D eigenvalue weighted by Gasteiger charge is 2.30. The molecular weight excluding hydrogens is 188 g/mol. The zero-order valence-corrected chi connectivity index (χ0v) is 9.91. The first-order chi connectivity index (χ1) is 7.16. The van der Waals surface area contributed by atoms with Crippen molar-refractivity contribution in [3.8, 4) is 0 Å². The summed E-state index contributed by atoms with van der Waals surface area (Å²) in [6.07, 6.45) is 5.21. The molecule has 0 aromatic rings. The Morgan fingerprint density at radius 2 is 1.87 bits per heavy atom. The van der Waals surface area contributed by atoms with E-state index in [1.54, 1.807) is 0 Å². The molecule has 1 aliphatic heterocycles. The maximum atomic E-state index is 11.3. The molecule has 1 saturated heterocycles. The molecule has 2 aliphatic rings. The van der Waals surface area contributed by atoms with Gasteiger partial charge in [-0.1, -0.05) is 0 Å². The number of nitrogens with zero attached hydrogens (tertiary/aromatic N) is 2. The van der Waals surface area contributed by atoms with Crippen LogP contribution in [0, 0.1) is 0 Å². The number of Topliss-reactive ketones (excluding diaryl/α,β-unsaturated/α-hetero) is 1. The molecule has 0 N–H and O–H groups in total. The van der Waals surface area contributed by atoms with Crippen molar-refractivity contribution in [3.63, 3.8) is 0 Å². The van der Waals surface area contributed by atoms with Crippen LogP contribution in [0.4, 0.5) is 0 Å². The highest BCUT2D eigenvalue weighted by Crippen LogP contribution is 2.24. The van der Waals surface area contributed by atoms with Gasteiger partial charge in [-0.2, -0.15) is 0 Å². The molecule has 2 fully saturated rings. The average Bonchev–Trinajstić information content (AvgIpc) is 2.65. The first-order valence-electron chi connectivity index (χ1n) is 6.09. The molecule has 0 radical (unpaired) electrons. The summed E-state index contributed by atoms with van der Waals surface area (Å²) in [5, 5.41) is 0. The van der Waals surface area contributed by atoms with Crippen LogP contribution in [0.15, 0.2) is 0 Å². The molecule has 86 valence electrons. The standard InChI is InChI=1S/C12H22N2O/c1-13-7-5-10(6-8-13)14(2)11-3-4-12(15)9-11/h10-11H,3-9H2,1-2H3. The summed E-state index contributed by atoms with van der Waals surface area (Å²) in [5.41, 5.74) is 0. The van der Waals surface area contributed by atoms with Crippen LogP contribution in [0.2, 0.25) is 0 Å². The first-order valence-corrected chi connectivity index (χ1v) is 6.09. The maximum absolute atomic E-state index is 11.3. The molecule has 0 bridgehead atoms. The Bertz CT molecular complexity index is 234. The number of rotatable bonds is 2. The second kappa shape index (κ2) is 4.62. The first kappa shape index (κ1) is 11.1. The lowest BCUT2D eigenvalue weighted by Gasteiger charge is -2.38. The molecular formula is C12H22N2O. The Morgan fingerprint density at radius 3 is 2.40 bits per heavy atom. The molecule has 15 heavy (non-hydrogen) atoms. The minimum absolute atomic E-state index is 0.458. The van der Waals surface area contributed by atoms with Crippen LogP contribution in [0.3, 0.4) is 0 Å². The van der Waals surface area contributed by atoms with E-state index in [9.17, 15) is 4.79 Å². The van der Waals surface area contributed by atoms with Crippen molar-refractivity contribution < 1.29 is 4.79 Å². The van der Waals surface area contributed by atoms with Gasteiger partial charge >= 0.3 is 0 Å². The van der Waals surface area contributed by atoms with Gasteiger partial charge in [-0.3, -0.25) is 9.69 Å². The normalized spacial score (nSPS) is 30.3. The van der Waals surface area contributed by atoms with Crippen LogP contribution >= 0.6 is 0 Å². The summed E-state index contributed by atoms with van der Waals surface area (Å²) in [4.78, 5) is 16.1. The molecule has 1 atom stereocenters. The summed E-state index contributed by atoms with van der Waals surface area (Å²) < 4.78 is 0. The van der Waals surface area contributed by atoms with Crippen molar-refractivity contribution in [1.29, 1.82) is 0 Å².